The zero-order valence-corrected chi connectivity index (χ0v) is 12.2. The number of carboxylic acid groups (broad SMARTS) is 1. The number of carboxylic acids is 1. The summed E-state index contributed by atoms with van der Waals surface area (Å²) in [6.45, 7) is 2.89. The molecule has 0 atom stereocenters. The molecule has 0 aromatic carbocycles. The molecule has 0 spiro atoms. The molecule has 2 rings (SSSR count). The van der Waals surface area contributed by atoms with E-state index in [1.165, 1.54) is 38.5 Å². The smallest absolute Gasteiger partial charge is 0.335 e. The van der Waals surface area contributed by atoms with Crippen molar-refractivity contribution in [3.8, 4) is 0 Å². The van der Waals surface area contributed by atoms with E-state index in [0.717, 1.165) is 19.3 Å². The molecule has 3 heteroatoms. The van der Waals surface area contributed by atoms with Gasteiger partial charge in [-0.3, -0.25) is 0 Å². The van der Waals surface area contributed by atoms with Crippen molar-refractivity contribution in [2.45, 2.75) is 83.2 Å². The summed E-state index contributed by atoms with van der Waals surface area (Å²) in [4.78, 5) is 11.5. The van der Waals surface area contributed by atoms with Crippen molar-refractivity contribution in [2.24, 2.45) is 5.41 Å². The molecule has 3 nitrogen and oxygen atoms in total. The van der Waals surface area contributed by atoms with Crippen LogP contribution in [0.3, 0.4) is 0 Å². The highest BCUT2D eigenvalue weighted by Gasteiger charge is 2.47. The van der Waals surface area contributed by atoms with E-state index >= 15 is 0 Å². The van der Waals surface area contributed by atoms with Crippen LogP contribution in [0.5, 0.6) is 0 Å². The van der Waals surface area contributed by atoms with Crippen molar-refractivity contribution in [1.82, 2.24) is 0 Å². The van der Waals surface area contributed by atoms with Crippen molar-refractivity contribution in [1.29, 1.82) is 0 Å². The maximum atomic E-state index is 11.5. The Kier molecular flexibility index (Phi) is 4.88. The average molecular weight is 268 g/mol. The number of hydrogen-bond acceptors (Lipinski definition) is 2. The topological polar surface area (TPSA) is 46.5 Å². The van der Waals surface area contributed by atoms with Gasteiger partial charge in [-0.05, 0) is 50.4 Å². The minimum absolute atomic E-state index is 0.328. The predicted molar refractivity (Wildman–Crippen MR) is 75.2 cm³/mol. The van der Waals surface area contributed by atoms with E-state index in [2.05, 4.69) is 6.92 Å². The van der Waals surface area contributed by atoms with Crippen molar-refractivity contribution < 1.29 is 14.6 Å². The number of aliphatic carboxylic acids is 1. The SMILES string of the molecule is CCCCCC1(COC2(C(=O)O)CCCCC2)CC1. The molecule has 110 valence electrons. The quantitative estimate of drug-likeness (QED) is 0.673. The van der Waals surface area contributed by atoms with Crippen LogP contribution in [-0.2, 0) is 9.53 Å². The highest BCUT2D eigenvalue weighted by atomic mass is 16.5. The van der Waals surface area contributed by atoms with Crippen LogP contribution in [0.4, 0.5) is 0 Å². The lowest BCUT2D eigenvalue weighted by atomic mass is 9.84. The third-order valence-electron chi connectivity index (χ3n) is 4.97. The first-order chi connectivity index (χ1) is 9.13. The number of rotatable bonds is 8. The predicted octanol–water partition coefficient (Wildman–Crippen LogP) is 4.15. The van der Waals surface area contributed by atoms with Crippen LogP contribution in [0, 0.1) is 5.41 Å². The molecule has 0 amide bonds. The summed E-state index contributed by atoms with van der Waals surface area (Å²) < 4.78 is 5.99. The van der Waals surface area contributed by atoms with Crippen molar-refractivity contribution in [3.63, 3.8) is 0 Å². The summed E-state index contributed by atoms with van der Waals surface area (Å²) in [5.74, 6) is -0.739. The van der Waals surface area contributed by atoms with Crippen LogP contribution in [0.25, 0.3) is 0 Å². The van der Waals surface area contributed by atoms with Gasteiger partial charge in [0, 0.05) is 0 Å². The average Bonchev–Trinajstić information content (AvgIpc) is 3.18. The Balaban J connectivity index is 1.83. The van der Waals surface area contributed by atoms with E-state index in [1.54, 1.807) is 0 Å². The Bertz CT molecular complexity index is 301. The Morgan fingerprint density at radius 1 is 1.11 bits per heavy atom. The summed E-state index contributed by atoms with van der Waals surface area (Å²) >= 11 is 0. The molecular weight excluding hydrogens is 240 g/mol. The van der Waals surface area contributed by atoms with Crippen LogP contribution in [0.2, 0.25) is 0 Å². The Morgan fingerprint density at radius 2 is 1.79 bits per heavy atom. The zero-order chi connectivity index (χ0) is 13.8. The van der Waals surface area contributed by atoms with E-state index in [-0.39, 0.29) is 0 Å². The van der Waals surface area contributed by atoms with Gasteiger partial charge in [0.1, 0.15) is 0 Å². The first-order valence-corrected chi connectivity index (χ1v) is 8.00. The van der Waals surface area contributed by atoms with E-state index < -0.39 is 11.6 Å². The fraction of sp³-hybridized carbons (Fsp3) is 0.938. The van der Waals surface area contributed by atoms with E-state index in [4.69, 9.17) is 4.74 Å². The summed E-state index contributed by atoms with van der Waals surface area (Å²) in [6, 6.07) is 0. The van der Waals surface area contributed by atoms with Crippen LogP contribution >= 0.6 is 0 Å². The fourth-order valence-electron chi connectivity index (χ4n) is 3.23. The molecule has 0 unspecified atom stereocenters. The molecule has 0 aromatic heterocycles. The lowest BCUT2D eigenvalue weighted by Gasteiger charge is -2.34. The van der Waals surface area contributed by atoms with Gasteiger partial charge in [-0.2, -0.15) is 0 Å². The molecule has 2 fully saturated rings. The van der Waals surface area contributed by atoms with Gasteiger partial charge in [-0.1, -0.05) is 32.6 Å². The third-order valence-corrected chi connectivity index (χ3v) is 4.97. The van der Waals surface area contributed by atoms with Gasteiger partial charge in [0.25, 0.3) is 0 Å². The summed E-state index contributed by atoms with van der Waals surface area (Å²) in [6.07, 6.45) is 12.0. The van der Waals surface area contributed by atoms with Crippen LogP contribution in [-0.4, -0.2) is 23.3 Å². The Hall–Kier alpha value is -0.570. The maximum Gasteiger partial charge on any atom is 0.335 e. The molecule has 0 radical (unpaired) electrons. The third kappa shape index (κ3) is 3.71. The van der Waals surface area contributed by atoms with Gasteiger partial charge < -0.3 is 9.84 Å². The molecular formula is C16H28O3. The largest absolute Gasteiger partial charge is 0.479 e. The normalized spacial score (nSPS) is 24.1. The first kappa shape index (κ1) is 14.8. The van der Waals surface area contributed by atoms with E-state index in [9.17, 15) is 9.90 Å². The first-order valence-electron chi connectivity index (χ1n) is 8.00. The van der Waals surface area contributed by atoms with Gasteiger partial charge in [-0.25, -0.2) is 4.79 Å². The van der Waals surface area contributed by atoms with Gasteiger partial charge in [0.15, 0.2) is 5.60 Å². The van der Waals surface area contributed by atoms with Crippen LogP contribution in [0.1, 0.15) is 77.6 Å². The lowest BCUT2D eigenvalue weighted by Crippen LogP contribution is -2.44. The number of carbonyl (C=O) groups is 1. The molecule has 1 N–H and O–H groups in total. The van der Waals surface area contributed by atoms with Crippen molar-refractivity contribution in [3.05, 3.63) is 0 Å². The standard InChI is InChI=1S/C16H28O3/c1-2-3-5-8-15(11-12-15)13-19-16(14(17)18)9-6-4-7-10-16/h2-13H2,1H3,(H,17,18). The molecule has 19 heavy (non-hydrogen) atoms. The number of ether oxygens (including phenoxy) is 1. The van der Waals surface area contributed by atoms with Crippen LogP contribution in [0.15, 0.2) is 0 Å². The van der Waals surface area contributed by atoms with Gasteiger partial charge in [0.05, 0.1) is 6.61 Å². The van der Waals surface area contributed by atoms with E-state index in [1.807, 2.05) is 0 Å². The second-order valence-electron chi connectivity index (χ2n) is 6.61. The zero-order valence-electron chi connectivity index (χ0n) is 12.2. The molecule has 0 heterocycles. The van der Waals surface area contributed by atoms with Gasteiger partial charge in [0.2, 0.25) is 0 Å². The molecule has 2 saturated carbocycles. The second kappa shape index (κ2) is 6.25. The summed E-state index contributed by atoms with van der Waals surface area (Å²) in [5.41, 5.74) is -0.534. The summed E-state index contributed by atoms with van der Waals surface area (Å²) in [5, 5.41) is 9.50. The monoisotopic (exact) mass is 268 g/mol. The Morgan fingerprint density at radius 3 is 2.32 bits per heavy atom. The van der Waals surface area contributed by atoms with Gasteiger partial charge in [-0.15, -0.1) is 0 Å². The van der Waals surface area contributed by atoms with Gasteiger partial charge >= 0.3 is 5.97 Å². The van der Waals surface area contributed by atoms with Crippen molar-refractivity contribution in [2.75, 3.05) is 6.61 Å². The highest BCUT2D eigenvalue weighted by Crippen LogP contribution is 2.51. The molecule has 0 aliphatic heterocycles. The molecule has 0 aromatic rings. The molecule has 2 aliphatic rings. The lowest BCUT2D eigenvalue weighted by molar-refractivity contribution is -0.173. The minimum atomic E-state index is -0.863. The van der Waals surface area contributed by atoms with Crippen LogP contribution < -0.4 is 0 Å². The number of hydrogen-bond donors (Lipinski definition) is 1. The highest BCUT2D eigenvalue weighted by molar-refractivity contribution is 5.77. The van der Waals surface area contributed by atoms with Crippen molar-refractivity contribution >= 4 is 5.97 Å². The fourth-order valence-corrected chi connectivity index (χ4v) is 3.23. The summed E-state index contributed by atoms with van der Waals surface area (Å²) in [7, 11) is 0. The minimum Gasteiger partial charge on any atom is -0.479 e. The molecule has 2 aliphatic carbocycles. The second-order valence-corrected chi connectivity index (χ2v) is 6.61. The molecule has 0 saturated heterocycles. The maximum absolute atomic E-state index is 11.5. The molecule has 0 bridgehead atoms. The number of unbranched alkanes of at least 4 members (excludes halogenated alkanes) is 2. The van der Waals surface area contributed by atoms with E-state index in [0.29, 0.717) is 24.9 Å². The Labute approximate surface area is 116 Å².